The molecule has 1 aliphatic rings. The first kappa shape index (κ1) is 15.4. The van der Waals surface area contributed by atoms with Crippen molar-refractivity contribution in [3.05, 3.63) is 65.4 Å². The molecule has 0 aliphatic carbocycles. The summed E-state index contributed by atoms with van der Waals surface area (Å²) in [4.78, 5) is 11.2. The molecule has 0 unspecified atom stereocenters. The summed E-state index contributed by atoms with van der Waals surface area (Å²) in [6, 6.07) is 16.1. The fraction of sp³-hybridized carbons (Fsp3) is 0.200. The summed E-state index contributed by atoms with van der Waals surface area (Å²) < 4.78 is 7.96. The van der Waals surface area contributed by atoms with E-state index < -0.39 is 0 Å². The molecule has 1 N–H and O–H groups in total. The number of carbonyl (C=O) groups excluding carboxylic acids is 1. The molecule has 0 saturated carbocycles. The van der Waals surface area contributed by atoms with Crippen LogP contribution in [0.1, 0.15) is 23.7 Å². The standard InChI is InChI=1S/C20H19N3O2/c1-13-5-3-4-6-18(13)19-10-17-12-25-20-9-16(21-14(2)24)8-7-15(20)11-23(17)22-19/h3-10H,11-12H2,1-2H3,(H,21,24). The van der Waals surface area contributed by atoms with Crippen molar-refractivity contribution in [3.8, 4) is 17.0 Å². The van der Waals surface area contributed by atoms with Gasteiger partial charge in [0.15, 0.2) is 0 Å². The molecule has 0 spiro atoms. The van der Waals surface area contributed by atoms with E-state index in [1.54, 1.807) is 0 Å². The Morgan fingerprint density at radius 2 is 2.04 bits per heavy atom. The maximum absolute atomic E-state index is 11.2. The lowest BCUT2D eigenvalue weighted by atomic mass is 10.1. The lowest BCUT2D eigenvalue weighted by Gasteiger charge is -2.09. The number of aryl methyl sites for hydroxylation is 1. The number of hydrogen-bond donors (Lipinski definition) is 1. The lowest BCUT2D eigenvalue weighted by Crippen LogP contribution is -2.06. The normalized spacial score (nSPS) is 12.6. The number of nitrogens with one attached hydrogen (secondary N) is 1. The molecule has 5 heteroatoms. The van der Waals surface area contributed by atoms with Gasteiger partial charge in [-0.05, 0) is 24.6 Å². The van der Waals surface area contributed by atoms with Gasteiger partial charge in [0.25, 0.3) is 0 Å². The number of ether oxygens (including phenoxy) is 1. The molecular weight excluding hydrogens is 314 g/mol. The molecule has 2 heterocycles. The van der Waals surface area contributed by atoms with E-state index in [-0.39, 0.29) is 5.91 Å². The molecule has 126 valence electrons. The first-order chi connectivity index (χ1) is 12.1. The van der Waals surface area contributed by atoms with Crippen LogP contribution in [0, 0.1) is 6.92 Å². The lowest BCUT2D eigenvalue weighted by molar-refractivity contribution is -0.114. The Balaban J connectivity index is 1.66. The van der Waals surface area contributed by atoms with Crippen LogP contribution in [-0.2, 0) is 17.9 Å². The van der Waals surface area contributed by atoms with Gasteiger partial charge in [-0.15, -0.1) is 0 Å². The van der Waals surface area contributed by atoms with Gasteiger partial charge < -0.3 is 10.1 Å². The smallest absolute Gasteiger partial charge is 0.221 e. The Kier molecular flexibility index (Phi) is 3.76. The largest absolute Gasteiger partial charge is 0.487 e. The van der Waals surface area contributed by atoms with E-state index in [4.69, 9.17) is 9.84 Å². The third kappa shape index (κ3) is 3.01. The predicted octanol–water partition coefficient (Wildman–Crippen LogP) is 3.76. The van der Waals surface area contributed by atoms with E-state index in [0.717, 1.165) is 34.0 Å². The molecule has 0 atom stereocenters. The molecule has 1 amide bonds. The van der Waals surface area contributed by atoms with Gasteiger partial charge >= 0.3 is 0 Å². The van der Waals surface area contributed by atoms with Gasteiger partial charge in [-0.25, -0.2) is 0 Å². The summed E-state index contributed by atoms with van der Waals surface area (Å²) in [7, 11) is 0. The zero-order valence-electron chi connectivity index (χ0n) is 14.2. The maximum Gasteiger partial charge on any atom is 0.221 e. The van der Waals surface area contributed by atoms with Crippen molar-refractivity contribution >= 4 is 11.6 Å². The molecule has 0 saturated heterocycles. The highest BCUT2D eigenvalue weighted by Crippen LogP contribution is 2.30. The van der Waals surface area contributed by atoms with Crippen LogP contribution >= 0.6 is 0 Å². The third-order valence-corrected chi connectivity index (χ3v) is 4.37. The van der Waals surface area contributed by atoms with E-state index in [9.17, 15) is 4.79 Å². The molecule has 1 aliphatic heterocycles. The molecule has 4 rings (SSSR count). The average molecular weight is 333 g/mol. The van der Waals surface area contributed by atoms with Crippen LogP contribution < -0.4 is 10.1 Å². The minimum atomic E-state index is -0.0932. The van der Waals surface area contributed by atoms with Crippen LogP contribution in [0.4, 0.5) is 5.69 Å². The zero-order valence-corrected chi connectivity index (χ0v) is 14.2. The van der Waals surface area contributed by atoms with Gasteiger partial charge in [-0.2, -0.15) is 5.10 Å². The van der Waals surface area contributed by atoms with Gasteiger partial charge in [-0.3, -0.25) is 9.48 Å². The highest BCUT2D eigenvalue weighted by atomic mass is 16.5. The molecule has 5 nitrogen and oxygen atoms in total. The second kappa shape index (κ2) is 6.09. The van der Waals surface area contributed by atoms with Crippen molar-refractivity contribution in [2.75, 3.05) is 5.32 Å². The molecule has 25 heavy (non-hydrogen) atoms. The summed E-state index contributed by atoms with van der Waals surface area (Å²) in [6.07, 6.45) is 0. The quantitative estimate of drug-likeness (QED) is 0.777. The van der Waals surface area contributed by atoms with Crippen LogP contribution in [0.3, 0.4) is 0 Å². The van der Waals surface area contributed by atoms with E-state index in [1.807, 2.05) is 35.0 Å². The minimum absolute atomic E-state index is 0.0932. The molecule has 3 aromatic rings. The van der Waals surface area contributed by atoms with Crippen molar-refractivity contribution < 1.29 is 9.53 Å². The van der Waals surface area contributed by atoms with Gasteiger partial charge in [-0.1, -0.05) is 30.3 Å². The van der Waals surface area contributed by atoms with Gasteiger partial charge in [0.05, 0.1) is 17.9 Å². The summed E-state index contributed by atoms with van der Waals surface area (Å²) in [5, 5.41) is 7.56. The molecule has 0 fully saturated rings. The van der Waals surface area contributed by atoms with Crippen LogP contribution in [0.25, 0.3) is 11.3 Å². The molecule has 0 bridgehead atoms. The minimum Gasteiger partial charge on any atom is -0.487 e. The van der Waals surface area contributed by atoms with E-state index in [1.165, 1.54) is 12.5 Å². The van der Waals surface area contributed by atoms with Crippen LogP contribution in [0.5, 0.6) is 5.75 Å². The SMILES string of the molecule is CC(=O)Nc1ccc2c(c1)OCc1cc(-c3ccccc3C)nn1C2. The number of fused-ring (bicyclic) bond motifs is 2. The van der Waals surface area contributed by atoms with Crippen molar-refractivity contribution in [2.24, 2.45) is 0 Å². The third-order valence-electron chi connectivity index (χ3n) is 4.37. The van der Waals surface area contributed by atoms with Crippen molar-refractivity contribution in [3.63, 3.8) is 0 Å². The van der Waals surface area contributed by atoms with Gasteiger partial charge in [0.1, 0.15) is 12.4 Å². The monoisotopic (exact) mass is 333 g/mol. The molecule has 2 aromatic carbocycles. The zero-order chi connectivity index (χ0) is 17.4. The number of amides is 1. The first-order valence-corrected chi connectivity index (χ1v) is 8.26. The van der Waals surface area contributed by atoms with Gasteiger partial charge in [0.2, 0.25) is 5.91 Å². The molecule has 1 aromatic heterocycles. The Morgan fingerprint density at radius 1 is 1.20 bits per heavy atom. The van der Waals surface area contributed by atoms with Crippen molar-refractivity contribution in [1.29, 1.82) is 0 Å². The fourth-order valence-corrected chi connectivity index (χ4v) is 3.11. The number of carbonyl (C=O) groups is 1. The number of hydrogen-bond acceptors (Lipinski definition) is 3. The number of aromatic nitrogens is 2. The van der Waals surface area contributed by atoms with Crippen LogP contribution in [0.15, 0.2) is 48.5 Å². The number of nitrogens with zero attached hydrogens (tertiary/aromatic N) is 2. The highest BCUT2D eigenvalue weighted by molar-refractivity contribution is 5.88. The van der Waals surface area contributed by atoms with Gasteiger partial charge in [0, 0.05) is 29.8 Å². The maximum atomic E-state index is 11.2. The Morgan fingerprint density at radius 3 is 2.84 bits per heavy atom. The topological polar surface area (TPSA) is 56.1 Å². The van der Waals surface area contributed by atoms with E-state index in [0.29, 0.717) is 13.2 Å². The molecular formula is C20H19N3O2. The predicted molar refractivity (Wildman–Crippen MR) is 96.6 cm³/mol. The van der Waals surface area contributed by atoms with Crippen LogP contribution in [-0.4, -0.2) is 15.7 Å². The second-order valence-corrected chi connectivity index (χ2v) is 6.29. The summed E-state index contributed by atoms with van der Waals surface area (Å²) in [6.45, 7) is 4.69. The number of benzene rings is 2. The summed E-state index contributed by atoms with van der Waals surface area (Å²) in [5.74, 6) is 0.693. The summed E-state index contributed by atoms with van der Waals surface area (Å²) in [5.41, 5.74) is 6.14. The number of rotatable bonds is 2. The van der Waals surface area contributed by atoms with Crippen molar-refractivity contribution in [2.45, 2.75) is 27.0 Å². The van der Waals surface area contributed by atoms with Crippen molar-refractivity contribution in [1.82, 2.24) is 9.78 Å². The first-order valence-electron chi connectivity index (χ1n) is 8.26. The highest BCUT2D eigenvalue weighted by Gasteiger charge is 2.18. The van der Waals surface area contributed by atoms with E-state index >= 15 is 0 Å². The Bertz CT molecular complexity index is 959. The average Bonchev–Trinajstić information content (AvgIpc) is 2.89. The second-order valence-electron chi connectivity index (χ2n) is 6.29. The Labute approximate surface area is 146 Å². The number of anilines is 1. The van der Waals surface area contributed by atoms with E-state index in [2.05, 4.69) is 30.4 Å². The fourth-order valence-electron chi connectivity index (χ4n) is 3.11. The summed E-state index contributed by atoms with van der Waals surface area (Å²) >= 11 is 0. The Hall–Kier alpha value is -3.08. The van der Waals surface area contributed by atoms with Crippen LogP contribution in [0.2, 0.25) is 0 Å². The molecule has 0 radical (unpaired) electrons.